The van der Waals surface area contributed by atoms with Crippen molar-refractivity contribution < 1.29 is 9.59 Å². The van der Waals surface area contributed by atoms with Crippen molar-refractivity contribution in [3.8, 4) is 0 Å². The predicted molar refractivity (Wildman–Crippen MR) is 97.1 cm³/mol. The zero-order valence-corrected chi connectivity index (χ0v) is 15.0. The fourth-order valence-electron chi connectivity index (χ4n) is 2.82. The van der Waals surface area contributed by atoms with Crippen LogP contribution in [-0.4, -0.2) is 23.8 Å². The van der Waals surface area contributed by atoms with E-state index in [0.29, 0.717) is 12.5 Å². The lowest BCUT2D eigenvalue weighted by molar-refractivity contribution is -0.128. The molecule has 5 heteroatoms. The van der Waals surface area contributed by atoms with Gasteiger partial charge in [0.05, 0.1) is 0 Å². The number of amides is 2. The maximum Gasteiger partial charge on any atom is 0.228 e. The molecule has 0 saturated heterocycles. The normalized spacial score (nSPS) is 19.0. The number of hydrogen-bond acceptors (Lipinski definition) is 3. The van der Waals surface area contributed by atoms with E-state index in [2.05, 4.69) is 24.4 Å². The Morgan fingerprint density at radius 3 is 2.75 bits per heavy atom. The Morgan fingerprint density at radius 1 is 1.29 bits per heavy atom. The second-order valence-corrected chi connectivity index (χ2v) is 7.78. The molecule has 2 aromatic rings. The number of nitrogens with zero attached hydrogens (tertiary/aromatic N) is 1. The number of hydrogen-bond donors (Lipinski definition) is 1. The number of rotatable bonds is 5. The first-order chi connectivity index (χ1) is 11.4. The number of carbonyl (C=O) groups excluding carboxylic acids is 2. The van der Waals surface area contributed by atoms with E-state index in [4.69, 9.17) is 0 Å². The van der Waals surface area contributed by atoms with Gasteiger partial charge in [0, 0.05) is 47.8 Å². The fourth-order valence-corrected chi connectivity index (χ4v) is 3.88. The van der Waals surface area contributed by atoms with Crippen LogP contribution in [0, 0.1) is 12.8 Å². The first kappa shape index (κ1) is 16.7. The third kappa shape index (κ3) is 3.85. The molecule has 3 rings (SSSR count). The molecule has 2 atom stereocenters. The average molecular weight is 342 g/mol. The van der Waals surface area contributed by atoms with E-state index in [1.165, 1.54) is 9.75 Å². The van der Waals surface area contributed by atoms with Crippen LogP contribution < -0.4 is 5.32 Å². The van der Waals surface area contributed by atoms with Gasteiger partial charge in [0.1, 0.15) is 0 Å². The second-order valence-electron chi connectivity index (χ2n) is 6.46. The van der Waals surface area contributed by atoms with Gasteiger partial charge in [0.15, 0.2) is 0 Å². The summed E-state index contributed by atoms with van der Waals surface area (Å²) in [6.45, 7) is 4.18. The van der Waals surface area contributed by atoms with Crippen molar-refractivity contribution >= 4 is 28.8 Å². The molecule has 1 aliphatic rings. The number of nitrogens with one attached hydrogen (secondary N) is 1. The van der Waals surface area contributed by atoms with Crippen molar-refractivity contribution in [2.24, 2.45) is 5.92 Å². The van der Waals surface area contributed by atoms with Gasteiger partial charge in [-0.3, -0.25) is 9.59 Å². The van der Waals surface area contributed by atoms with Crippen LogP contribution in [0.2, 0.25) is 0 Å². The number of thiophene rings is 1. The Hall–Kier alpha value is -2.14. The summed E-state index contributed by atoms with van der Waals surface area (Å²) in [5.41, 5.74) is 1.80. The van der Waals surface area contributed by atoms with Crippen LogP contribution in [0.4, 0.5) is 5.69 Å². The first-order valence-electron chi connectivity index (χ1n) is 8.12. The van der Waals surface area contributed by atoms with Gasteiger partial charge in [-0.15, -0.1) is 11.3 Å². The predicted octanol–water partition coefficient (Wildman–Crippen LogP) is 3.78. The molecule has 0 radical (unpaired) electrons. The molecular formula is C19H22N2O2S. The lowest BCUT2D eigenvalue weighted by atomic mass is 10.2. The van der Waals surface area contributed by atoms with E-state index in [1.54, 1.807) is 30.2 Å². The molecule has 0 aliphatic heterocycles. The average Bonchev–Trinajstić information content (AvgIpc) is 3.22. The van der Waals surface area contributed by atoms with Crippen LogP contribution in [0.1, 0.15) is 34.6 Å². The number of anilines is 1. The van der Waals surface area contributed by atoms with Crippen molar-refractivity contribution in [1.29, 1.82) is 0 Å². The van der Waals surface area contributed by atoms with Crippen molar-refractivity contribution in [2.45, 2.75) is 32.7 Å². The Labute approximate surface area is 146 Å². The molecule has 24 heavy (non-hydrogen) atoms. The number of carbonyl (C=O) groups is 2. The van der Waals surface area contributed by atoms with Crippen LogP contribution in [0.25, 0.3) is 0 Å². The van der Waals surface area contributed by atoms with Crippen molar-refractivity contribution in [2.75, 3.05) is 12.4 Å². The molecule has 1 aromatic carbocycles. The van der Waals surface area contributed by atoms with E-state index in [1.807, 2.05) is 24.3 Å². The Bertz CT molecular complexity index is 768. The van der Waals surface area contributed by atoms with Gasteiger partial charge < -0.3 is 10.2 Å². The lowest BCUT2D eigenvalue weighted by Crippen LogP contribution is -2.23. The topological polar surface area (TPSA) is 49.4 Å². The molecular weight excluding hydrogens is 320 g/mol. The summed E-state index contributed by atoms with van der Waals surface area (Å²) < 4.78 is 0. The zero-order valence-electron chi connectivity index (χ0n) is 14.2. The molecule has 0 bridgehead atoms. The largest absolute Gasteiger partial charge is 0.342 e. The monoisotopic (exact) mass is 342 g/mol. The van der Waals surface area contributed by atoms with Gasteiger partial charge in [0.25, 0.3) is 0 Å². The fraction of sp³-hybridized carbons (Fsp3) is 0.368. The van der Waals surface area contributed by atoms with Gasteiger partial charge in [-0.2, -0.15) is 0 Å². The van der Waals surface area contributed by atoms with Gasteiger partial charge in [-0.25, -0.2) is 0 Å². The lowest BCUT2D eigenvalue weighted by Gasteiger charge is -2.15. The molecule has 1 N–H and O–H groups in total. The summed E-state index contributed by atoms with van der Waals surface area (Å²) in [5, 5.41) is 3.02. The summed E-state index contributed by atoms with van der Waals surface area (Å²) in [7, 11) is 1.77. The van der Waals surface area contributed by atoms with Crippen LogP contribution in [-0.2, 0) is 16.1 Å². The smallest absolute Gasteiger partial charge is 0.228 e. The molecule has 1 aliphatic carbocycles. The molecule has 126 valence electrons. The van der Waals surface area contributed by atoms with E-state index in [0.717, 1.165) is 17.7 Å². The van der Waals surface area contributed by atoms with E-state index >= 15 is 0 Å². The van der Waals surface area contributed by atoms with Gasteiger partial charge >= 0.3 is 0 Å². The van der Waals surface area contributed by atoms with Crippen LogP contribution in [0.3, 0.4) is 0 Å². The summed E-state index contributed by atoms with van der Waals surface area (Å²) in [6, 6.07) is 11.9. The highest BCUT2D eigenvalue weighted by Gasteiger charge is 2.44. The molecule has 2 amide bonds. The maximum atomic E-state index is 12.4. The first-order valence-corrected chi connectivity index (χ1v) is 8.93. The number of aryl methyl sites for hydroxylation is 1. The highest BCUT2D eigenvalue weighted by atomic mass is 32.1. The SMILES string of the molecule is CC(=O)N(C)Cc1cccc(NC(=O)[C@@H]2C[C@H]2c2ccc(C)s2)c1. The molecule has 1 aromatic heterocycles. The van der Waals surface area contributed by atoms with Crippen molar-refractivity contribution in [1.82, 2.24) is 4.90 Å². The van der Waals surface area contributed by atoms with E-state index in [9.17, 15) is 9.59 Å². The zero-order chi connectivity index (χ0) is 17.3. The maximum absolute atomic E-state index is 12.4. The van der Waals surface area contributed by atoms with Crippen LogP contribution >= 0.6 is 11.3 Å². The third-order valence-corrected chi connectivity index (χ3v) is 5.54. The molecule has 4 nitrogen and oxygen atoms in total. The van der Waals surface area contributed by atoms with Crippen molar-refractivity contribution in [3.05, 3.63) is 51.7 Å². The second kappa shape index (κ2) is 6.77. The summed E-state index contributed by atoms with van der Waals surface area (Å²) in [5.74, 6) is 0.557. The van der Waals surface area contributed by atoms with Gasteiger partial charge in [-0.05, 0) is 43.2 Å². The Balaban J connectivity index is 1.60. The minimum Gasteiger partial charge on any atom is -0.342 e. The molecule has 1 saturated carbocycles. The quantitative estimate of drug-likeness (QED) is 0.899. The highest BCUT2D eigenvalue weighted by Crippen LogP contribution is 2.50. The minimum atomic E-state index is 0.0245. The van der Waals surface area contributed by atoms with Crippen molar-refractivity contribution in [3.63, 3.8) is 0 Å². The Morgan fingerprint density at radius 2 is 2.08 bits per heavy atom. The number of benzene rings is 1. The molecule has 0 unspecified atom stereocenters. The summed E-state index contributed by atoms with van der Waals surface area (Å²) in [6.07, 6.45) is 0.929. The van der Waals surface area contributed by atoms with Crippen LogP contribution in [0.5, 0.6) is 0 Å². The van der Waals surface area contributed by atoms with Gasteiger partial charge in [-0.1, -0.05) is 12.1 Å². The summed E-state index contributed by atoms with van der Waals surface area (Å²) in [4.78, 5) is 28.0. The highest BCUT2D eigenvalue weighted by molar-refractivity contribution is 7.12. The molecule has 0 spiro atoms. The Kier molecular flexibility index (Phi) is 4.71. The van der Waals surface area contributed by atoms with Crippen LogP contribution in [0.15, 0.2) is 36.4 Å². The third-order valence-electron chi connectivity index (χ3n) is 4.41. The minimum absolute atomic E-state index is 0.0245. The van der Waals surface area contributed by atoms with E-state index < -0.39 is 0 Å². The molecule has 1 fully saturated rings. The standard InChI is InChI=1S/C19H22N2O2S/c1-12-7-8-18(24-12)16-10-17(16)19(23)20-15-6-4-5-14(9-15)11-21(3)13(2)22/h4-9,16-17H,10-11H2,1-3H3,(H,20,23)/t16-,17-/m1/s1. The molecule has 1 heterocycles. The summed E-state index contributed by atoms with van der Waals surface area (Å²) >= 11 is 1.78. The van der Waals surface area contributed by atoms with E-state index in [-0.39, 0.29) is 17.7 Å². The van der Waals surface area contributed by atoms with Gasteiger partial charge in [0.2, 0.25) is 11.8 Å².